The average molecular weight is 417 g/mol. The smallest absolute Gasteiger partial charge is 0.193 e. The van der Waals surface area contributed by atoms with Crippen molar-refractivity contribution < 1.29 is 14.6 Å². The molecule has 0 bridgehead atoms. The molecule has 1 fully saturated rings. The average Bonchev–Trinajstić information content (AvgIpc) is 2.84. The SMILES string of the molecule is O=C(c1ccccc1)c1ccc(OC[C@@H](O)CN2CCN(c3ccccc3)CC2)cc1. The van der Waals surface area contributed by atoms with Crippen LogP contribution in [0.4, 0.5) is 5.69 Å². The van der Waals surface area contributed by atoms with Crippen LogP contribution in [0.15, 0.2) is 84.9 Å². The molecule has 3 aromatic carbocycles. The Balaban J connectivity index is 1.21. The number of benzene rings is 3. The Morgan fingerprint density at radius 1 is 0.806 bits per heavy atom. The molecular weight excluding hydrogens is 388 g/mol. The lowest BCUT2D eigenvalue weighted by atomic mass is 10.0. The van der Waals surface area contributed by atoms with Crippen LogP contribution in [0.2, 0.25) is 0 Å². The largest absolute Gasteiger partial charge is 0.491 e. The van der Waals surface area contributed by atoms with Crippen LogP contribution in [0.5, 0.6) is 5.75 Å². The third kappa shape index (κ3) is 5.72. The molecule has 1 aliphatic heterocycles. The molecule has 0 aromatic heterocycles. The fourth-order valence-corrected chi connectivity index (χ4v) is 3.83. The molecule has 0 spiro atoms. The van der Waals surface area contributed by atoms with Crippen LogP contribution in [-0.2, 0) is 0 Å². The van der Waals surface area contributed by atoms with Crippen molar-refractivity contribution in [1.82, 2.24) is 4.90 Å². The van der Waals surface area contributed by atoms with Gasteiger partial charge in [-0.15, -0.1) is 0 Å². The van der Waals surface area contributed by atoms with Gasteiger partial charge in [0.15, 0.2) is 5.78 Å². The topological polar surface area (TPSA) is 53.0 Å². The van der Waals surface area contributed by atoms with E-state index >= 15 is 0 Å². The molecule has 4 rings (SSSR count). The summed E-state index contributed by atoms with van der Waals surface area (Å²) in [6, 6.07) is 26.7. The number of hydrogen-bond acceptors (Lipinski definition) is 5. The van der Waals surface area contributed by atoms with Crippen LogP contribution in [0.3, 0.4) is 0 Å². The van der Waals surface area contributed by atoms with Gasteiger partial charge in [-0.3, -0.25) is 9.69 Å². The summed E-state index contributed by atoms with van der Waals surface area (Å²) in [5.74, 6) is 0.638. The van der Waals surface area contributed by atoms with Crippen LogP contribution in [-0.4, -0.2) is 61.2 Å². The normalized spacial score (nSPS) is 15.5. The van der Waals surface area contributed by atoms with Gasteiger partial charge in [0.25, 0.3) is 0 Å². The monoisotopic (exact) mass is 416 g/mol. The first-order chi connectivity index (χ1) is 15.2. The van der Waals surface area contributed by atoms with Gasteiger partial charge in [-0.05, 0) is 36.4 Å². The van der Waals surface area contributed by atoms with Crippen LogP contribution < -0.4 is 9.64 Å². The van der Waals surface area contributed by atoms with Gasteiger partial charge in [-0.25, -0.2) is 0 Å². The number of ether oxygens (including phenoxy) is 1. The Bertz CT molecular complexity index is 953. The Morgan fingerprint density at radius 3 is 2.03 bits per heavy atom. The molecule has 3 aromatic rings. The standard InChI is InChI=1S/C26H28N2O3/c29-24(19-27-15-17-28(18-16-27)23-9-5-2-6-10-23)20-31-25-13-11-22(12-14-25)26(30)21-7-3-1-4-8-21/h1-14,24,29H,15-20H2/t24-/m0/s1. The lowest BCUT2D eigenvalue weighted by Gasteiger charge is -2.36. The number of carbonyl (C=O) groups excluding carboxylic acids is 1. The quantitative estimate of drug-likeness (QED) is 0.570. The number of nitrogens with zero attached hydrogens (tertiary/aromatic N) is 2. The molecule has 1 saturated heterocycles. The number of anilines is 1. The number of aliphatic hydroxyl groups excluding tert-OH is 1. The molecular formula is C26H28N2O3. The molecule has 1 N–H and O–H groups in total. The first-order valence-corrected chi connectivity index (χ1v) is 10.7. The zero-order chi connectivity index (χ0) is 21.5. The van der Waals surface area contributed by atoms with Gasteiger partial charge in [0.1, 0.15) is 18.5 Å². The third-order valence-electron chi connectivity index (χ3n) is 5.56. The van der Waals surface area contributed by atoms with Crippen molar-refractivity contribution in [2.24, 2.45) is 0 Å². The maximum absolute atomic E-state index is 12.5. The highest BCUT2D eigenvalue weighted by atomic mass is 16.5. The van der Waals surface area contributed by atoms with E-state index < -0.39 is 6.10 Å². The maximum atomic E-state index is 12.5. The van der Waals surface area contributed by atoms with E-state index in [0.717, 1.165) is 26.2 Å². The van der Waals surface area contributed by atoms with Gasteiger partial charge in [0.05, 0.1) is 0 Å². The summed E-state index contributed by atoms with van der Waals surface area (Å²) >= 11 is 0. The second-order valence-corrected chi connectivity index (χ2v) is 7.81. The highest BCUT2D eigenvalue weighted by Gasteiger charge is 2.19. The van der Waals surface area contributed by atoms with Crippen molar-refractivity contribution in [1.29, 1.82) is 0 Å². The van der Waals surface area contributed by atoms with Crippen LogP contribution in [0.25, 0.3) is 0 Å². The molecule has 0 aliphatic carbocycles. The van der Waals surface area contributed by atoms with Crippen molar-refractivity contribution >= 4 is 11.5 Å². The lowest BCUT2D eigenvalue weighted by molar-refractivity contribution is 0.0663. The van der Waals surface area contributed by atoms with Crippen molar-refractivity contribution in [2.75, 3.05) is 44.2 Å². The number of β-amino-alcohol motifs (C(OH)–C–C–N with tert-alkyl or cyclic N) is 1. The Morgan fingerprint density at radius 2 is 1.39 bits per heavy atom. The van der Waals surface area contributed by atoms with Crippen molar-refractivity contribution in [3.8, 4) is 5.75 Å². The van der Waals surface area contributed by atoms with Crippen molar-refractivity contribution in [3.63, 3.8) is 0 Å². The zero-order valence-corrected chi connectivity index (χ0v) is 17.6. The second kappa shape index (κ2) is 10.2. The zero-order valence-electron chi connectivity index (χ0n) is 17.6. The number of piperazine rings is 1. The highest BCUT2D eigenvalue weighted by Crippen LogP contribution is 2.17. The summed E-state index contributed by atoms with van der Waals surface area (Å²) in [4.78, 5) is 17.1. The summed E-state index contributed by atoms with van der Waals surface area (Å²) in [7, 11) is 0. The molecule has 160 valence electrons. The highest BCUT2D eigenvalue weighted by molar-refractivity contribution is 6.08. The Hall–Kier alpha value is -3.15. The summed E-state index contributed by atoms with van der Waals surface area (Å²) in [6.45, 7) is 4.56. The predicted molar refractivity (Wildman–Crippen MR) is 123 cm³/mol. The van der Waals surface area contributed by atoms with E-state index in [1.807, 2.05) is 36.4 Å². The van der Waals surface area contributed by atoms with Gasteiger partial charge < -0.3 is 14.7 Å². The first-order valence-electron chi connectivity index (χ1n) is 10.7. The van der Waals surface area contributed by atoms with Crippen molar-refractivity contribution in [3.05, 3.63) is 96.1 Å². The van der Waals surface area contributed by atoms with Crippen LogP contribution >= 0.6 is 0 Å². The minimum absolute atomic E-state index is 0.0122. The third-order valence-corrected chi connectivity index (χ3v) is 5.56. The molecule has 0 saturated carbocycles. The van der Waals surface area contributed by atoms with E-state index in [2.05, 4.69) is 34.1 Å². The fraction of sp³-hybridized carbons (Fsp3) is 0.269. The number of hydrogen-bond donors (Lipinski definition) is 1. The number of para-hydroxylation sites is 1. The maximum Gasteiger partial charge on any atom is 0.193 e. The van der Waals surface area contributed by atoms with E-state index in [-0.39, 0.29) is 12.4 Å². The number of ketones is 1. The molecule has 1 heterocycles. The summed E-state index contributed by atoms with van der Waals surface area (Å²) in [5, 5.41) is 10.4. The second-order valence-electron chi connectivity index (χ2n) is 7.81. The summed E-state index contributed by atoms with van der Waals surface area (Å²) < 4.78 is 5.74. The van der Waals surface area contributed by atoms with Gasteiger partial charge in [-0.2, -0.15) is 0 Å². The minimum atomic E-state index is -0.561. The van der Waals surface area contributed by atoms with E-state index in [1.165, 1.54) is 5.69 Å². The first kappa shape index (κ1) is 21.1. The molecule has 0 amide bonds. The summed E-state index contributed by atoms with van der Waals surface area (Å²) in [6.07, 6.45) is -0.561. The molecule has 31 heavy (non-hydrogen) atoms. The summed E-state index contributed by atoms with van der Waals surface area (Å²) in [5.41, 5.74) is 2.54. The molecule has 0 unspecified atom stereocenters. The van der Waals surface area contributed by atoms with E-state index in [4.69, 9.17) is 4.74 Å². The lowest BCUT2D eigenvalue weighted by Crippen LogP contribution is -2.49. The number of aliphatic hydroxyl groups is 1. The van der Waals surface area contributed by atoms with E-state index in [1.54, 1.807) is 24.3 Å². The fourth-order valence-electron chi connectivity index (χ4n) is 3.83. The number of rotatable bonds is 8. The van der Waals surface area contributed by atoms with Gasteiger partial charge in [0.2, 0.25) is 0 Å². The molecule has 0 radical (unpaired) electrons. The van der Waals surface area contributed by atoms with Gasteiger partial charge in [0, 0.05) is 49.5 Å². The molecule has 5 heteroatoms. The van der Waals surface area contributed by atoms with Gasteiger partial charge >= 0.3 is 0 Å². The molecule has 5 nitrogen and oxygen atoms in total. The molecule has 1 aliphatic rings. The minimum Gasteiger partial charge on any atom is -0.491 e. The van der Waals surface area contributed by atoms with E-state index in [0.29, 0.717) is 23.4 Å². The Labute approximate surface area is 183 Å². The van der Waals surface area contributed by atoms with Crippen molar-refractivity contribution in [2.45, 2.75) is 6.10 Å². The van der Waals surface area contributed by atoms with Gasteiger partial charge in [-0.1, -0.05) is 48.5 Å². The van der Waals surface area contributed by atoms with E-state index in [9.17, 15) is 9.90 Å². The molecule has 1 atom stereocenters. The predicted octanol–water partition coefficient (Wildman–Crippen LogP) is 3.48. The Kier molecular flexibility index (Phi) is 6.97. The van der Waals surface area contributed by atoms with Crippen LogP contribution in [0, 0.1) is 0 Å². The van der Waals surface area contributed by atoms with Crippen LogP contribution in [0.1, 0.15) is 15.9 Å². The number of carbonyl (C=O) groups is 1.